The highest BCUT2D eigenvalue weighted by molar-refractivity contribution is 7.89. The van der Waals surface area contributed by atoms with Crippen LogP contribution in [0.5, 0.6) is 5.75 Å². The van der Waals surface area contributed by atoms with Gasteiger partial charge in [0.2, 0.25) is 10.0 Å². The van der Waals surface area contributed by atoms with Crippen LogP contribution < -0.4 is 10.1 Å². The predicted molar refractivity (Wildman–Crippen MR) is 112 cm³/mol. The van der Waals surface area contributed by atoms with Crippen molar-refractivity contribution in [3.05, 3.63) is 59.7 Å². The smallest absolute Gasteiger partial charge is 0.251 e. The SMILES string of the molecule is CC1(C)C[C@H](NC(=O)c2cccc(S(=O)(=O)N3CCOCC3)c2)c2ccccc2O1. The molecule has 2 aromatic carbocycles. The van der Waals surface area contributed by atoms with Crippen LogP contribution in [0.25, 0.3) is 0 Å². The summed E-state index contributed by atoms with van der Waals surface area (Å²) in [5.41, 5.74) is 0.807. The number of hydrogen-bond donors (Lipinski definition) is 1. The van der Waals surface area contributed by atoms with Gasteiger partial charge in [-0.2, -0.15) is 4.31 Å². The molecular weight excluding hydrogens is 404 g/mol. The largest absolute Gasteiger partial charge is 0.487 e. The molecule has 1 amide bonds. The van der Waals surface area contributed by atoms with Crippen LogP contribution in [0.15, 0.2) is 53.4 Å². The second-order valence-corrected chi connectivity index (χ2v) is 10.1. The lowest BCUT2D eigenvalue weighted by atomic mass is 9.89. The number of fused-ring (bicyclic) bond motifs is 1. The van der Waals surface area contributed by atoms with Crippen LogP contribution in [0.1, 0.15) is 42.2 Å². The van der Waals surface area contributed by atoms with E-state index < -0.39 is 15.6 Å². The van der Waals surface area contributed by atoms with E-state index in [1.54, 1.807) is 12.1 Å². The zero-order valence-corrected chi connectivity index (χ0v) is 17.9. The minimum absolute atomic E-state index is 0.116. The van der Waals surface area contributed by atoms with Gasteiger partial charge in [0.05, 0.1) is 24.2 Å². The first-order chi connectivity index (χ1) is 14.3. The number of nitrogens with zero attached hydrogens (tertiary/aromatic N) is 1. The van der Waals surface area contributed by atoms with Crippen LogP contribution in [-0.4, -0.2) is 50.5 Å². The van der Waals surface area contributed by atoms with E-state index in [1.165, 1.54) is 16.4 Å². The standard InChI is InChI=1S/C22H26N2O5S/c1-22(2)15-19(18-8-3-4-9-20(18)29-22)23-21(25)16-6-5-7-17(14-16)30(26,27)24-10-12-28-13-11-24/h3-9,14,19H,10-13,15H2,1-2H3,(H,23,25)/t19-/m0/s1. The Morgan fingerprint density at radius 2 is 1.83 bits per heavy atom. The summed E-state index contributed by atoms with van der Waals surface area (Å²) >= 11 is 0. The first kappa shape index (κ1) is 20.8. The molecule has 1 fully saturated rings. The van der Waals surface area contributed by atoms with Crippen molar-refractivity contribution in [3.63, 3.8) is 0 Å². The monoisotopic (exact) mass is 430 g/mol. The molecule has 2 aromatic rings. The van der Waals surface area contributed by atoms with Gasteiger partial charge in [-0.25, -0.2) is 8.42 Å². The average Bonchev–Trinajstić information content (AvgIpc) is 2.73. The summed E-state index contributed by atoms with van der Waals surface area (Å²) in [5, 5.41) is 3.06. The Labute approximate surface area is 177 Å². The van der Waals surface area contributed by atoms with E-state index in [0.717, 1.165) is 11.3 Å². The molecule has 0 saturated carbocycles. The number of carbonyl (C=O) groups is 1. The van der Waals surface area contributed by atoms with E-state index in [-0.39, 0.29) is 16.8 Å². The summed E-state index contributed by atoms with van der Waals surface area (Å²) in [4.78, 5) is 13.1. The molecule has 0 aliphatic carbocycles. The number of amides is 1. The Kier molecular flexibility index (Phi) is 5.57. The fourth-order valence-corrected chi connectivity index (χ4v) is 5.36. The molecule has 2 heterocycles. The number of hydrogen-bond acceptors (Lipinski definition) is 5. The molecule has 4 rings (SSSR count). The zero-order chi connectivity index (χ0) is 21.4. The topological polar surface area (TPSA) is 84.9 Å². The van der Waals surface area contributed by atoms with Crippen molar-refractivity contribution < 1.29 is 22.7 Å². The Hall–Kier alpha value is -2.42. The molecule has 1 atom stereocenters. The number of ether oxygens (including phenoxy) is 2. The quantitative estimate of drug-likeness (QED) is 0.806. The van der Waals surface area contributed by atoms with Crippen LogP contribution in [0.2, 0.25) is 0 Å². The minimum Gasteiger partial charge on any atom is -0.487 e. The predicted octanol–water partition coefficient (Wildman–Crippen LogP) is 2.74. The minimum atomic E-state index is -3.67. The third-order valence-electron chi connectivity index (χ3n) is 5.39. The van der Waals surface area contributed by atoms with Crippen LogP contribution >= 0.6 is 0 Å². The first-order valence-electron chi connectivity index (χ1n) is 10.0. The van der Waals surface area contributed by atoms with E-state index in [1.807, 2.05) is 38.1 Å². The molecule has 1 N–H and O–H groups in total. The Bertz CT molecular complexity index is 1040. The lowest BCUT2D eigenvalue weighted by Crippen LogP contribution is -2.41. The highest BCUT2D eigenvalue weighted by Gasteiger charge is 2.34. The van der Waals surface area contributed by atoms with Gasteiger partial charge in [0.25, 0.3) is 5.91 Å². The summed E-state index contributed by atoms with van der Waals surface area (Å²) < 4.78 is 38.5. The van der Waals surface area contributed by atoms with Crippen molar-refractivity contribution >= 4 is 15.9 Å². The van der Waals surface area contributed by atoms with Crippen molar-refractivity contribution in [2.75, 3.05) is 26.3 Å². The lowest BCUT2D eigenvalue weighted by Gasteiger charge is -2.37. The second kappa shape index (κ2) is 8.02. The molecule has 0 spiro atoms. The van der Waals surface area contributed by atoms with E-state index in [9.17, 15) is 13.2 Å². The summed E-state index contributed by atoms with van der Waals surface area (Å²) in [5.74, 6) is 0.439. The van der Waals surface area contributed by atoms with Gasteiger partial charge < -0.3 is 14.8 Å². The first-order valence-corrected chi connectivity index (χ1v) is 11.5. The number of sulfonamides is 1. The maximum atomic E-state index is 13.0. The number of carbonyl (C=O) groups excluding carboxylic acids is 1. The van der Waals surface area contributed by atoms with Crippen molar-refractivity contribution in [1.82, 2.24) is 9.62 Å². The molecule has 160 valence electrons. The molecule has 0 unspecified atom stereocenters. The summed E-state index contributed by atoms with van der Waals surface area (Å²) in [6, 6.07) is 13.6. The molecule has 8 heteroatoms. The summed E-state index contributed by atoms with van der Waals surface area (Å²) in [6.45, 7) is 5.34. The lowest BCUT2D eigenvalue weighted by molar-refractivity contribution is 0.0619. The van der Waals surface area contributed by atoms with Gasteiger partial charge in [-0.3, -0.25) is 4.79 Å². The van der Waals surface area contributed by atoms with E-state index in [4.69, 9.17) is 9.47 Å². The number of rotatable bonds is 4. The van der Waals surface area contributed by atoms with E-state index >= 15 is 0 Å². The second-order valence-electron chi connectivity index (χ2n) is 8.17. The van der Waals surface area contributed by atoms with Gasteiger partial charge in [-0.15, -0.1) is 0 Å². The highest BCUT2D eigenvalue weighted by atomic mass is 32.2. The fraction of sp³-hybridized carbons (Fsp3) is 0.409. The van der Waals surface area contributed by atoms with Gasteiger partial charge in [0, 0.05) is 30.6 Å². The number of nitrogens with one attached hydrogen (secondary N) is 1. The normalized spacial score (nSPS) is 21.3. The van der Waals surface area contributed by atoms with Crippen LogP contribution in [0.3, 0.4) is 0 Å². The van der Waals surface area contributed by atoms with Crippen molar-refractivity contribution in [2.45, 2.75) is 36.8 Å². The zero-order valence-electron chi connectivity index (χ0n) is 17.1. The number of morpholine rings is 1. The van der Waals surface area contributed by atoms with Crippen LogP contribution in [0.4, 0.5) is 0 Å². The van der Waals surface area contributed by atoms with Gasteiger partial charge >= 0.3 is 0 Å². The Morgan fingerprint density at radius 1 is 1.10 bits per heavy atom. The third-order valence-corrected chi connectivity index (χ3v) is 7.28. The number of para-hydroxylation sites is 1. The molecule has 2 aliphatic heterocycles. The third kappa shape index (κ3) is 4.21. The maximum Gasteiger partial charge on any atom is 0.251 e. The maximum absolute atomic E-state index is 13.0. The molecule has 30 heavy (non-hydrogen) atoms. The van der Waals surface area contributed by atoms with Crippen LogP contribution in [0, 0.1) is 0 Å². The van der Waals surface area contributed by atoms with E-state index in [0.29, 0.717) is 38.3 Å². The Balaban J connectivity index is 1.57. The average molecular weight is 431 g/mol. The van der Waals surface area contributed by atoms with Gasteiger partial charge in [0.15, 0.2) is 0 Å². The Morgan fingerprint density at radius 3 is 2.60 bits per heavy atom. The molecule has 0 aromatic heterocycles. The van der Waals surface area contributed by atoms with Crippen LogP contribution in [-0.2, 0) is 14.8 Å². The molecule has 0 radical (unpaired) electrons. The van der Waals surface area contributed by atoms with Gasteiger partial charge in [0.1, 0.15) is 11.4 Å². The highest BCUT2D eigenvalue weighted by Crippen LogP contribution is 2.39. The van der Waals surface area contributed by atoms with Crippen molar-refractivity contribution in [3.8, 4) is 5.75 Å². The summed E-state index contributed by atoms with van der Waals surface area (Å²) in [7, 11) is -3.67. The van der Waals surface area contributed by atoms with E-state index in [2.05, 4.69) is 5.32 Å². The molecule has 2 aliphatic rings. The van der Waals surface area contributed by atoms with Crippen molar-refractivity contribution in [2.24, 2.45) is 0 Å². The fourth-order valence-electron chi connectivity index (χ4n) is 3.91. The molecular formula is C22H26N2O5S. The van der Waals surface area contributed by atoms with Gasteiger partial charge in [-0.1, -0.05) is 24.3 Å². The molecule has 0 bridgehead atoms. The molecule has 1 saturated heterocycles. The van der Waals surface area contributed by atoms with Crippen molar-refractivity contribution in [1.29, 1.82) is 0 Å². The number of benzene rings is 2. The molecule has 7 nitrogen and oxygen atoms in total. The summed E-state index contributed by atoms with van der Waals surface area (Å²) in [6.07, 6.45) is 0.613. The van der Waals surface area contributed by atoms with Gasteiger partial charge in [-0.05, 0) is 38.1 Å².